The van der Waals surface area contributed by atoms with Crippen molar-refractivity contribution in [3.05, 3.63) is 33.9 Å². The molecule has 114 valence electrons. The van der Waals surface area contributed by atoms with E-state index in [0.29, 0.717) is 17.3 Å². The van der Waals surface area contributed by atoms with Crippen molar-refractivity contribution in [2.75, 3.05) is 13.1 Å². The quantitative estimate of drug-likeness (QED) is 0.810. The largest absolute Gasteiger partial charge is 0.276 e. The molecule has 1 saturated heterocycles. The normalized spacial score (nSPS) is 20.8. The maximum absolute atomic E-state index is 12.7. The van der Waals surface area contributed by atoms with E-state index in [4.69, 9.17) is 0 Å². The van der Waals surface area contributed by atoms with Gasteiger partial charge in [0.15, 0.2) is 0 Å². The fourth-order valence-corrected chi connectivity index (χ4v) is 6.30. The van der Waals surface area contributed by atoms with Crippen LogP contribution < -0.4 is 0 Å². The number of hydrogen-bond acceptors (Lipinski definition) is 4. The SMILES string of the molecule is Cn1ccc(C2CCCN(S(=O)(=O)c3ccc(Br)s3)C2)n1. The summed E-state index contributed by atoms with van der Waals surface area (Å²) in [7, 11) is -1.51. The van der Waals surface area contributed by atoms with E-state index in [0.717, 1.165) is 22.3 Å². The topological polar surface area (TPSA) is 55.2 Å². The van der Waals surface area contributed by atoms with Gasteiger partial charge in [0.2, 0.25) is 0 Å². The zero-order valence-corrected chi connectivity index (χ0v) is 14.8. The first-order valence-corrected chi connectivity index (χ1v) is 9.77. The highest BCUT2D eigenvalue weighted by molar-refractivity contribution is 9.11. The number of nitrogens with zero attached hydrogens (tertiary/aromatic N) is 3. The minimum Gasteiger partial charge on any atom is -0.276 e. The molecule has 0 N–H and O–H groups in total. The molecule has 0 amide bonds. The number of aryl methyl sites for hydroxylation is 1. The molecule has 0 aliphatic carbocycles. The Bertz CT molecular complexity index is 738. The highest BCUT2D eigenvalue weighted by atomic mass is 79.9. The predicted molar refractivity (Wildman–Crippen MR) is 86.0 cm³/mol. The van der Waals surface area contributed by atoms with Gasteiger partial charge >= 0.3 is 0 Å². The number of thiophene rings is 1. The second-order valence-electron chi connectivity index (χ2n) is 5.18. The highest BCUT2D eigenvalue weighted by Gasteiger charge is 2.32. The number of halogens is 1. The summed E-state index contributed by atoms with van der Waals surface area (Å²) in [5.74, 6) is 0.179. The molecule has 1 aliphatic rings. The van der Waals surface area contributed by atoms with E-state index in [9.17, 15) is 8.42 Å². The monoisotopic (exact) mass is 389 g/mol. The van der Waals surface area contributed by atoms with Gasteiger partial charge in [0.1, 0.15) is 4.21 Å². The van der Waals surface area contributed by atoms with Gasteiger partial charge in [-0.25, -0.2) is 8.42 Å². The number of aromatic nitrogens is 2. The van der Waals surface area contributed by atoms with Crippen LogP contribution in [0.3, 0.4) is 0 Å². The van der Waals surface area contributed by atoms with Crippen molar-refractivity contribution < 1.29 is 8.42 Å². The summed E-state index contributed by atoms with van der Waals surface area (Å²) in [6.07, 6.45) is 3.75. The minimum absolute atomic E-state index is 0.179. The summed E-state index contributed by atoms with van der Waals surface area (Å²) < 4.78 is 29.9. The minimum atomic E-state index is -3.39. The average molecular weight is 390 g/mol. The zero-order valence-electron chi connectivity index (χ0n) is 11.6. The Morgan fingerprint density at radius 2 is 2.19 bits per heavy atom. The van der Waals surface area contributed by atoms with E-state index in [1.54, 1.807) is 21.1 Å². The van der Waals surface area contributed by atoms with Crippen molar-refractivity contribution in [1.82, 2.24) is 14.1 Å². The third-order valence-electron chi connectivity index (χ3n) is 3.68. The molecule has 0 spiro atoms. The van der Waals surface area contributed by atoms with Crippen LogP contribution in [0.1, 0.15) is 24.5 Å². The molecular formula is C13H16BrN3O2S2. The molecule has 0 radical (unpaired) electrons. The second-order valence-corrected chi connectivity index (χ2v) is 9.80. The molecular weight excluding hydrogens is 374 g/mol. The van der Waals surface area contributed by atoms with Gasteiger partial charge < -0.3 is 0 Å². The van der Waals surface area contributed by atoms with E-state index in [2.05, 4.69) is 21.0 Å². The van der Waals surface area contributed by atoms with E-state index in [1.807, 2.05) is 19.3 Å². The molecule has 2 aromatic heterocycles. The van der Waals surface area contributed by atoms with Crippen molar-refractivity contribution in [3.63, 3.8) is 0 Å². The van der Waals surface area contributed by atoms with E-state index < -0.39 is 10.0 Å². The lowest BCUT2D eigenvalue weighted by Gasteiger charge is -2.30. The zero-order chi connectivity index (χ0) is 15.0. The summed E-state index contributed by atoms with van der Waals surface area (Å²) in [5.41, 5.74) is 0.977. The van der Waals surface area contributed by atoms with Gasteiger partial charge in [-0.05, 0) is 47.0 Å². The molecule has 5 nitrogen and oxygen atoms in total. The Kier molecular flexibility index (Phi) is 4.22. The van der Waals surface area contributed by atoms with Crippen molar-refractivity contribution in [3.8, 4) is 0 Å². The summed E-state index contributed by atoms with van der Waals surface area (Å²) in [4.78, 5) is 0. The van der Waals surface area contributed by atoms with E-state index >= 15 is 0 Å². The smallest absolute Gasteiger partial charge is 0.252 e. The molecule has 1 fully saturated rings. The van der Waals surface area contributed by atoms with Crippen LogP contribution in [0.25, 0.3) is 0 Å². The standard InChI is InChI=1S/C13H16BrN3O2S2/c1-16-8-6-11(15-16)10-3-2-7-17(9-10)21(18,19)13-5-4-12(14)20-13/h4-6,8,10H,2-3,7,9H2,1H3. The fourth-order valence-electron chi connectivity index (χ4n) is 2.62. The van der Waals surface area contributed by atoms with Gasteiger partial charge in [-0.2, -0.15) is 9.40 Å². The first kappa shape index (κ1) is 15.2. The lowest BCUT2D eigenvalue weighted by molar-refractivity contribution is 0.312. The van der Waals surface area contributed by atoms with Crippen LogP contribution in [0.15, 0.2) is 32.4 Å². The maximum Gasteiger partial charge on any atom is 0.252 e. The molecule has 8 heteroatoms. The first-order valence-electron chi connectivity index (χ1n) is 6.72. The molecule has 3 heterocycles. The van der Waals surface area contributed by atoms with Gasteiger partial charge in [0.25, 0.3) is 10.0 Å². The molecule has 0 bridgehead atoms. The van der Waals surface area contributed by atoms with Crippen LogP contribution in [0.4, 0.5) is 0 Å². The van der Waals surface area contributed by atoms with Gasteiger partial charge in [-0.3, -0.25) is 4.68 Å². The van der Waals surface area contributed by atoms with Crippen LogP contribution >= 0.6 is 27.3 Å². The maximum atomic E-state index is 12.7. The highest BCUT2D eigenvalue weighted by Crippen LogP contribution is 2.33. The summed E-state index contributed by atoms with van der Waals surface area (Å²) in [5, 5.41) is 4.42. The number of rotatable bonds is 3. The van der Waals surface area contributed by atoms with Crippen molar-refractivity contribution in [2.24, 2.45) is 7.05 Å². The Labute approximate surface area is 136 Å². The summed E-state index contributed by atoms with van der Waals surface area (Å²) in [6.45, 7) is 1.09. The Morgan fingerprint density at radius 1 is 1.38 bits per heavy atom. The number of hydrogen-bond donors (Lipinski definition) is 0. The molecule has 1 unspecified atom stereocenters. The van der Waals surface area contributed by atoms with Gasteiger partial charge in [0.05, 0.1) is 9.48 Å². The van der Waals surface area contributed by atoms with E-state index in [1.165, 1.54) is 11.3 Å². The van der Waals surface area contributed by atoms with Crippen LogP contribution in [-0.2, 0) is 17.1 Å². The van der Waals surface area contributed by atoms with Crippen molar-refractivity contribution in [2.45, 2.75) is 23.0 Å². The van der Waals surface area contributed by atoms with Crippen LogP contribution in [0.2, 0.25) is 0 Å². The molecule has 0 saturated carbocycles. The van der Waals surface area contributed by atoms with Crippen molar-refractivity contribution in [1.29, 1.82) is 0 Å². The van der Waals surface area contributed by atoms with Crippen molar-refractivity contribution >= 4 is 37.3 Å². The fraction of sp³-hybridized carbons (Fsp3) is 0.462. The van der Waals surface area contributed by atoms with Gasteiger partial charge in [0, 0.05) is 32.3 Å². The van der Waals surface area contributed by atoms with Gasteiger partial charge in [-0.1, -0.05) is 0 Å². The molecule has 1 aliphatic heterocycles. The third-order valence-corrected chi connectivity index (χ3v) is 7.64. The van der Waals surface area contributed by atoms with Gasteiger partial charge in [-0.15, -0.1) is 11.3 Å². The Hall–Kier alpha value is -0.700. The van der Waals surface area contributed by atoms with Crippen LogP contribution in [-0.4, -0.2) is 35.6 Å². The molecule has 21 heavy (non-hydrogen) atoms. The second kappa shape index (κ2) is 5.83. The average Bonchev–Trinajstić information content (AvgIpc) is 3.08. The summed E-state index contributed by atoms with van der Waals surface area (Å²) >= 11 is 4.58. The molecule has 1 atom stereocenters. The third kappa shape index (κ3) is 3.08. The number of sulfonamides is 1. The Balaban J connectivity index is 1.83. The Morgan fingerprint density at radius 3 is 2.81 bits per heavy atom. The van der Waals surface area contributed by atoms with Crippen LogP contribution in [0, 0.1) is 0 Å². The molecule has 3 rings (SSSR count). The lowest BCUT2D eigenvalue weighted by atomic mass is 9.96. The van der Waals surface area contributed by atoms with E-state index in [-0.39, 0.29) is 5.92 Å². The first-order chi connectivity index (χ1) is 9.96. The van der Waals surface area contributed by atoms with Crippen LogP contribution in [0.5, 0.6) is 0 Å². The lowest BCUT2D eigenvalue weighted by Crippen LogP contribution is -2.38. The predicted octanol–water partition coefficient (Wildman–Crippen LogP) is 2.81. The molecule has 2 aromatic rings. The number of piperidine rings is 1. The summed E-state index contributed by atoms with van der Waals surface area (Å²) in [6, 6.07) is 5.41. The molecule has 0 aromatic carbocycles.